The van der Waals surface area contributed by atoms with E-state index in [-0.39, 0.29) is 12.2 Å². The van der Waals surface area contributed by atoms with Gasteiger partial charge in [-0.25, -0.2) is 9.59 Å². The standard InChI is InChI=1S/C20H22N2O6/c1-2-21-20(25)22-18(23)14-28-19(24)16-10-6-7-11-17(16)27-13-12-26-15-8-4-3-5-9-15/h3-11H,2,12-14H2,1H3,(H2,21,22,23,25). The molecule has 0 unspecified atom stereocenters. The van der Waals surface area contributed by atoms with Crippen molar-refractivity contribution in [3.8, 4) is 11.5 Å². The number of nitrogens with one attached hydrogen (secondary N) is 2. The summed E-state index contributed by atoms with van der Waals surface area (Å²) in [5, 5.41) is 4.45. The normalized spacial score (nSPS) is 9.89. The van der Waals surface area contributed by atoms with Crippen molar-refractivity contribution >= 4 is 17.9 Å². The molecule has 2 N–H and O–H groups in total. The Labute approximate surface area is 162 Å². The molecule has 0 bridgehead atoms. The Bertz CT molecular complexity index is 794. The minimum atomic E-state index is -0.731. The topological polar surface area (TPSA) is 103 Å². The monoisotopic (exact) mass is 386 g/mol. The van der Waals surface area contributed by atoms with Crippen LogP contribution in [-0.2, 0) is 9.53 Å². The Hall–Kier alpha value is -3.55. The summed E-state index contributed by atoms with van der Waals surface area (Å²) in [5.41, 5.74) is 0.174. The number of amides is 3. The van der Waals surface area contributed by atoms with E-state index < -0.39 is 24.5 Å². The number of urea groups is 1. The van der Waals surface area contributed by atoms with Crippen molar-refractivity contribution in [3.63, 3.8) is 0 Å². The highest BCUT2D eigenvalue weighted by Gasteiger charge is 2.16. The third kappa shape index (κ3) is 6.99. The van der Waals surface area contributed by atoms with Crippen LogP contribution in [0.1, 0.15) is 17.3 Å². The summed E-state index contributed by atoms with van der Waals surface area (Å²) >= 11 is 0. The number of hydrogen-bond acceptors (Lipinski definition) is 6. The second-order valence-corrected chi connectivity index (χ2v) is 5.49. The smallest absolute Gasteiger partial charge is 0.342 e. The van der Waals surface area contributed by atoms with Crippen LogP contribution in [0.5, 0.6) is 11.5 Å². The van der Waals surface area contributed by atoms with E-state index in [0.717, 1.165) is 5.75 Å². The molecular weight excluding hydrogens is 364 g/mol. The fourth-order valence-corrected chi connectivity index (χ4v) is 2.17. The lowest BCUT2D eigenvalue weighted by Crippen LogP contribution is -2.41. The van der Waals surface area contributed by atoms with Crippen LogP contribution in [0, 0.1) is 0 Å². The molecule has 0 aliphatic heterocycles. The van der Waals surface area contributed by atoms with E-state index in [1.165, 1.54) is 6.07 Å². The van der Waals surface area contributed by atoms with E-state index in [1.807, 2.05) is 35.6 Å². The zero-order valence-electron chi connectivity index (χ0n) is 15.5. The number of rotatable bonds is 9. The maximum atomic E-state index is 12.2. The van der Waals surface area contributed by atoms with Gasteiger partial charge in [0.15, 0.2) is 6.61 Å². The van der Waals surface area contributed by atoms with Crippen molar-refractivity contribution in [3.05, 3.63) is 60.2 Å². The molecule has 0 radical (unpaired) electrons. The van der Waals surface area contributed by atoms with Gasteiger partial charge in [0, 0.05) is 6.54 Å². The quantitative estimate of drug-likeness (QED) is 0.506. The Morgan fingerprint density at radius 1 is 0.893 bits per heavy atom. The number of hydrogen-bond donors (Lipinski definition) is 2. The van der Waals surface area contributed by atoms with E-state index in [0.29, 0.717) is 18.9 Å². The number of para-hydroxylation sites is 2. The molecule has 0 saturated carbocycles. The van der Waals surface area contributed by atoms with Crippen LogP contribution in [0.15, 0.2) is 54.6 Å². The number of benzene rings is 2. The van der Waals surface area contributed by atoms with Gasteiger partial charge in [-0.15, -0.1) is 0 Å². The molecule has 148 valence electrons. The number of imide groups is 1. The average Bonchev–Trinajstić information content (AvgIpc) is 2.70. The van der Waals surface area contributed by atoms with Gasteiger partial charge in [-0.1, -0.05) is 30.3 Å². The lowest BCUT2D eigenvalue weighted by atomic mass is 10.2. The summed E-state index contributed by atoms with van der Waals surface area (Å²) in [5.74, 6) is -0.426. The lowest BCUT2D eigenvalue weighted by molar-refractivity contribution is -0.123. The fourth-order valence-electron chi connectivity index (χ4n) is 2.17. The second kappa shape index (κ2) is 11.2. The molecule has 0 spiro atoms. The van der Waals surface area contributed by atoms with Crippen molar-refractivity contribution in [2.24, 2.45) is 0 Å². The van der Waals surface area contributed by atoms with Crippen molar-refractivity contribution in [2.45, 2.75) is 6.92 Å². The predicted molar refractivity (Wildman–Crippen MR) is 101 cm³/mol. The third-order valence-corrected chi connectivity index (χ3v) is 3.38. The molecule has 0 aliphatic rings. The Kier molecular flexibility index (Phi) is 8.32. The molecular formula is C20H22N2O6. The van der Waals surface area contributed by atoms with Gasteiger partial charge in [0.05, 0.1) is 0 Å². The molecule has 0 aliphatic carbocycles. The van der Waals surface area contributed by atoms with Gasteiger partial charge in [-0.2, -0.15) is 0 Å². The molecule has 2 rings (SSSR count). The Morgan fingerprint density at radius 2 is 1.57 bits per heavy atom. The highest BCUT2D eigenvalue weighted by molar-refractivity contribution is 5.97. The number of esters is 1. The Morgan fingerprint density at radius 3 is 2.32 bits per heavy atom. The minimum Gasteiger partial charge on any atom is -0.490 e. The summed E-state index contributed by atoms with van der Waals surface area (Å²) in [4.78, 5) is 35.1. The summed E-state index contributed by atoms with van der Waals surface area (Å²) in [7, 11) is 0. The molecule has 0 atom stereocenters. The lowest BCUT2D eigenvalue weighted by Gasteiger charge is -2.12. The van der Waals surface area contributed by atoms with Gasteiger partial charge in [-0.3, -0.25) is 10.1 Å². The van der Waals surface area contributed by atoms with Crippen LogP contribution >= 0.6 is 0 Å². The van der Waals surface area contributed by atoms with Gasteiger partial charge < -0.3 is 19.5 Å². The third-order valence-electron chi connectivity index (χ3n) is 3.38. The van der Waals surface area contributed by atoms with Crippen LogP contribution < -0.4 is 20.1 Å². The summed E-state index contributed by atoms with van der Waals surface area (Å²) in [6, 6.07) is 15.1. The van der Waals surface area contributed by atoms with Crippen molar-refractivity contribution < 1.29 is 28.6 Å². The maximum absolute atomic E-state index is 12.2. The van der Waals surface area contributed by atoms with E-state index >= 15 is 0 Å². The number of carbonyl (C=O) groups is 3. The average molecular weight is 386 g/mol. The van der Waals surface area contributed by atoms with E-state index in [9.17, 15) is 14.4 Å². The van der Waals surface area contributed by atoms with Crippen LogP contribution in [0.4, 0.5) is 4.79 Å². The first kappa shape index (κ1) is 20.8. The molecule has 0 heterocycles. The summed E-state index contributed by atoms with van der Waals surface area (Å²) < 4.78 is 16.1. The molecule has 0 fully saturated rings. The summed E-state index contributed by atoms with van der Waals surface area (Å²) in [6.45, 7) is 2.02. The highest BCUT2D eigenvalue weighted by atomic mass is 16.5. The molecule has 0 aromatic heterocycles. The second-order valence-electron chi connectivity index (χ2n) is 5.49. The SMILES string of the molecule is CCNC(=O)NC(=O)COC(=O)c1ccccc1OCCOc1ccccc1. The molecule has 0 saturated heterocycles. The minimum absolute atomic E-state index is 0.174. The summed E-state index contributed by atoms with van der Waals surface area (Å²) in [6.07, 6.45) is 0. The molecule has 8 nitrogen and oxygen atoms in total. The van der Waals surface area contributed by atoms with Gasteiger partial charge in [0.1, 0.15) is 30.3 Å². The van der Waals surface area contributed by atoms with Crippen LogP contribution in [0.25, 0.3) is 0 Å². The largest absolute Gasteiger partial charge is 0.490 e. The van der Waals surface area contributed by atoms with E-state index in [1.54, 1.807) is 25.1 Å². The van der Waals surface area contributed by atoms with Crippen molar-refractivity contribution in [1.82, 2.24) is 10.6 Å². The fraction of sp³-hybridized carbons (Fsp3) is 0.250. The van der Waals surface area contributed by atoms with Gasteiger partial charge in [-0.05, 0) is 31.2 Å². The number of carbonyl (C=O) groups excluding carboxylic acids is 3. The number of ether oxygens (including phenoxy) is 3. The van der Waals surface area contributed by atoms with Crippen LogP contribution in [0.3, 0.4) is 0 Å². The highest BCUT2D eigenvalue weighted by Crippen LogP contribution is 2.19. The zero-order valence-corrected chi connectivity index (χ0v) is 15.5. The van der Waals surface area contributed by atoms with E-state index in [2.05, 4.69) is 5.32 Å². The zero-order chi connectivity index (χ0) is 20.2. The van der Waals surface area contributed by atoms with Crippen molar-refractivity contribution in [1.29, 1.82) is 0 Å². The van der Waals surface area contributed by atoms with Crippen LogP contribution in [0.2, 0.25) is 0 Å². The Balaban J connectivity index is 1.82. The first-order valence-corrected chi connectivity index (χ1v) is 8.74. The first-order valence-electron chi connectivity index (χ1n) is 8.74. The predicted octanol–water partition coefficient (Wildman–Crippen LogP) is 2.15. The van der Waals surface area contributed by atoms with Gasteiger partial charge in [0.2, 0.25) is 0 Å². The maximum Gasteiger partial charge on any atom is 0.342 e. The molecule has 8 heteroatoms. The van der Waals surface area contributed by atoms with Gasteiger partial charge >= 0.3 is 12.0 Å². The van der Waals surface area contributed by atoms with E-state index in [4.69, 9.17) is 14.2 Å². The molecule has 3 amide bonds. The molecule has 28 heavy (non-hydrogen) atoms. The van der Waals surface area contributed by atoms with Crippen molar-refractivity contribution in [2.75, 3.05) is 26.4 Å². The van der Waals surface area contributed by atoms with Crippen LogP contribution in [-0.4, -0.2) is 44.3 Å². The molecule has 2 aromatic carbocycles. The first-order chi connectivity index (χ1) is 13.6. The molecule has 2 aromatic rings. The van der Waals surface area contributed by atoms with Gasteiger partial charge in [0.25, 0.3) is 5.91 Å².